The van der Waals surface area contributed by atoms with Gasteiger partial charge in [0.2, 0.25) is 0 Å². The standard InChI is InChI=1S/C24H18FN3OS2/c25-17-10-4-5-12-19(17)28-23(22(27-24(28)30)18-11-6-7-15-26-18)20-13-14-21(29-20)31-16-8-2-1-3-9-16/h1-15,22-23H,(H,27,30)/t22-,23-/m0/s1. The van der Waals surface area contributed by atoms with Crippen LogP contribution in [0.25, 0.3) is 0 Å². The van der Waals surface area contributed by atoms with Crippen molar-refractivity contribution < 1.29 is 8.81 Å². The Morgan fingerprint density at radius 2 is 1.71 bits per heavy atom. The van der Waals surface area contributed by atoms with E-state index < -0.39 is 0 Å². The molecule has 31 heavy (non-hydrogen) atoms. The van der Waals surface area contributed by atoms with Gasteiger partial charge in [-0.05, 0) is 60.7 Å². The van der Waals surface area contributed by atoms with Gasteiger partial charge in [0, 0.05) is 11.1 Å². The van der Waals surface area contributed by atoms with Crippen molar-refractivity contribution in [3.05, 3.63) is 108 Å². The first-order valence-corrected chi connectivity index (χ1v) is 11.0. The number of nitrogens with one attached hydrogen (secondary N) is 1. The molecule has 1 N–H and O–H groups in total. The fraction of sp³-hybridized carbons (Fsp3) is 0.0833. The summed E-state index contributed by atoms with van der Waals surface area (Å²) in [5.74, 6) is 0.341. The average molecular weight is 448 g/mol. The average Bonchev–Trinajstić information content (AvgIpc) is 3.39. The zero-order valence-electron chi connectivity index (χ0n) is 16.3. The zero-order chi connectivity index (χ0) is 21.2. The molecule has 2 aromatic heterocycles. The Labute approximate surface area is 189 Å². The van der Waals surface area contributed by atoms with Crippen LogP contribution in [0.3, 0.4) is 0 Å². The highest BCUT2D eigenvalue weighted by Gasteiger charge is 2.43. The molecule has 1 aliphatic rings. The van der Waals surface area contributed by atoms with E-state index in [4.69, 9.17) is 16.6 Å². The molecular weight excluding hydrogens is 429 g/mol. The highest BCUT2D eigenvalue weighted by atomic mass is 32.2. The van der Waals surface area contributed by atoms with Gasteiger partial charge in [0.1, 0.15) is 17.6 Å². The first-order chi connectivity index (χ1) is 15.2. The minimum Gasteiger partial charge on any atom is -0.452 e. The monoisotopic (exact) mass is 447 g/mol. The molecule has 2 aromatic carbocycles. The molecule has 0 unspecified atom stereocenters. The third-order valence-corrected chi connectivity index (χ3v) is 6.31. The van der Waals surface area contributed by atoms with E-state index in [1.165, 1.54) is 17.8 Å². The van der Waals surface area contributed by atoms with Gasteiger partial charge in [-0.25, -0.2) is 4.39 Å². The number of anilines is 1. The number of halogens is 1. The van der Waals surface area contributed by atoms with Gasteiger partial charge in [-0.15, -0.1) is 0 Å². The van der Waals surface area contributed by atoms with Crippen LogP contribution < -0.4 is 10.2 Å². The number of pyridine rings is 1. The summed E-state index contributed by atoms with van der Waals surface area (Å²) in [6, 6.07) is 25.5. The maximum Gasteiger partial charge on any atom is 0.174 e. The van der Waals surface area contributed by atoms with E-state index in [1.807, 2.05) is 60.7 Å². The lowest BCUT2D eigenvalue weighted by Gasteiger charge is -2.26. The van der Waals surface area contributed by atoms with Crippen molar-refractivity contribution in [2.45, 2.75) is 22.1 Å². The first-order valence-electron chi connectivity index (χ1n) is 9.78. The van der Waals surface area contributed by atoms with Gasteiger partial charge < -0.3 is 14.6 Å². The lowest BCUT2D eigenvalue weighted by molar-refractivity contribution is 0.382. The second kappa shape index (κ2) is 8.53. The SMILES string of the molecule is Fc1ccccc1N1C(=S)N[C@@H](c2ccccn2)[C@@H]1c1ccc(Sc2ccccc2)o1. The van der Waals surface area contributed by atoms with Crippen molar-refractivity contribution in [3.8, 4) is 0 Å². The summed E-state index contributed by atoms with van der Waals surface area (Å²) in [6.07, 6.45) is 1.74. The van der Waals surface area contributed by atoms with Crippen molar-refractivity contribution in [2.75, 3.05) is 4.90 Å². The number of para-hydroxylation sites is 1. The lowest BCUT2D eigenvalue weighted by Crippen LogP contribution is -2.30. The van der Waals surface area contributed by atoms with Gasteiger partial charge in [0.05, 0.1) is 17.4 Å². The predicted octanol–water partition coefficient (Wildman–Crippen LogP) is 6.14. The highest BCUT2D eigenvalue weighted by molar-refractivity contribution is 7.99. The Bertz CT molecular complexity index is 1200. The van der Waals surface area contributed by atoms with Crippen LogP contribution in [0.4, 0.5) is 10.1 Å². The summed E-state index contributed by atoms with van der Waals surface area (Å²) >= 11 is 7.16. The van der Waals surface area contributed by atoms with Crippen molar-refractivity contribution in [1.29, 1.82) is 0 Å². The Kier molecular flexibility index (Phi) is 5.44. The van der Waals surface area contributed by atoms with Crippen LogP contribution in [0.2, 0.25) is 0 Å². The van der Waals surface area contributed by atoms with E-state index in [1.54, 1.807) is 29.3 Å². The summed E-state index contributed by atoms with van der Waals surface area (Å²) in [7, 11) is 0. The Balaban J connectivity index is 1.55. The number of hydrogen-bond acceptors (Lipinski definition) is 4. The maximum atomic E-state index is 14.7. The second-order valence-electron chi connectivity index (χ2n) is 7.02. The third kappa shape index (κ3) is 3.94. The van der Waals surface area contributed by atoms with Gasteiger partial charge in [-0.3, -0.25) is 4.98 Å². The van der Waals surface area contributed by atoms with E-state index in [9.17, 15) is 4.39 Å². The Hall–Kier alpha value is -3.16. The van der Waals surface area contributed by atoms with E-state index in [0.29, 0.717) is 16.6 Å². The van der Waals surface area contributed by atoms with Crippen molar-refractivity contribution in [1.82, 2.24) is 10.3 Å². The highest BCUT2D eigenvalue weighted by Crippen LogP contribution is 2.43. The second-order valence-corrected chi connectivity index (χ2v) is 8.48. The van der Waals surface area contributed by atoms with Crippen LogP contribution >= 0.6 is 24.0 Å². The van der Waals surface area contributed by atoms with Gasteiger partial charge in [-0.2, -0.15) is 0 Å². The molecule has 0 amide bonds. The van der Waals surface area contributed by atoms with Gasteiger partial charge >= 0.3 is 0 Å². The summed E-state index contributed by atoms with van der Waals surface area (Å²) in [4.78, 5) is 7.36. The van der Waals surface area contributed by atoms with Crippen LogP contribution in [0.5, 0.6) is 0 Å². The van der Waals surface area contributed by atoms with Crippen LogP contribution in [0, 0.1) is 5.82 Å². The molecule has 7 heteroatoms. The normalized spacial score (nSPS) is 18.2. The number of aromatic nitrogens is 1. The minimum absolute atomic E-state index is 0.283. The van der Waals surface area contributed by atoms with Crippen LogP contribution in [-0.4, -0.2) is 10.1 Å². The molecule has 0 bridgehead atoms. The number of nitrogens with zero attached hydrogens (tertiary/aromatic N) is 2. The number of benzene rings is 2. The molecule has 0 radical (unpaired) electrons. The number of rotatable bonds is 5. The van der Waals surface area contributed by atoms with E-state index >= 15 is 0 Å². The summed E-state index contributed by atoms with van der Waals surface area (Å²) in [5.41, 5.74) is 1.21. The van der Waals surface area contributed by atoms with Gasteiger partial charge in [0.15, 0.2) is 10.2 Å². The summed E-state index contributed by atoms with van der Waals surface area (Å²) in [5, 5.41) is 4.50. The molecule has 1 aliphatic heterocycles. The van der Waals surface area contributed by atoms with Crippen LogP contribution in [0.1, 0.15) is 23.5 Å². The first kappa shape index (κ1) is 19.8. The van der Waals surface area contributed by atoms with E-state index in [-0.39, 0.29) is 17.9 Å². The molecule has 0 aliphatic carbocycles. The molecule has 1 saturated heterocycles. The topological polar surface area (TPSA) is 41.3 Å². The van der Waals surface area contributed by atoms with Crippen molar-refractivity contribution >= 4 is 34.8 Å². The quantitative estimate of drug-likeness (QED) is 0.371. The molecule has 0 spiro atoms. The Morgan fingerprint density at radius 3 is 2.48 bits per heavy atom. The molecule has 1 fully saturated rings. The zero-order valence-corrected chi connectivity index (χ0v) is 17.9. The van der Waals surface area contributed by atoms with Crippen molar-refractivity contribution in [3.63, 3.8) is 0 Å². The molecule has 0 saturated carbocycles. The van der Waals surface area contributed by atoms with Crippen LogP contribution in [-0.2, 0) is 0 Å². The molecule has 2 atom stereocenters. The van der Waals surface area contributed by atoms with E-state index in [0.717, 1.165) is 15.7 Å². The summed E-state index contributed by atoms with van der Waals surface area (Å²) in [6.45, 7) is 0. The largest absolute Gasteiger partial charge is 0.452 e. The van der Waals surface area contributed by atoms with Crippen molar-refractivity contribution in [2.24, 2.45) is 0 Å². The smallest absolute Gasteiger partial charge is 0.174 e. The maximum absolute atomic E-state index is 14.7. The van der Waals surface area contributed by atoms with Crippen LogP contribution in [0.15, 0.2) is 106 Å². The predicted molar refractivity (Wildman–Crippen MR) is 124 cm³/mol. The number of hydrogen-bond donors (Lipinski definition) is 1. The number of furan rings is 1. The summed E-state index contributed by atoms with van der Waals surface area (Å²) < 4.78 is 21.0. The lowest BCUT2D eigenvalue weighted by atomic mass is 10.0. The molecule has 4 nitrogen and oxygen atoms in total. The fourth-order valence-electron chi connectivity index (χ4n) is 3.70. The van der Waals surface area contributed by atoms with E-state index in [2.05, 4.69) is 10.3 Å². The third-order valence-electron chi connectivity index (χ3n) is 5.07. The molecule has 5 rings (SSSR count). The molecular formula is C24H18FN3OS2. The number of thiocarbonyl (C=S) groups is 1. The molecule has 3 heterocycles. The van der Waals surface area contributed by atoms with Gasteiger partial charge in [0.25, 0.3) is 0 Å². The van der Waals surface area contributed by atoms with Gasteiger partial charge in [-0.1, -0.05) is 48.2 Å². The molecule has 154 valence electrons. The fourth-order valence-corrected chi connectivity index (χ4v) is 4.84. The Morgan fingerprint density at radius 1 is 0.935 bits per heavy atom. The molecule has 4 aromatic rings. The minimum atomic E-state index is -0.385.